The average Bonchev–Trinajstić information content (AvgIpc) is 3.12. The molecule has 0 aliphatic carbocycles. The fraction of sp³-hybridized carbons (Fsp3) is 0.0800. The van der Waals surface area contributed by atoms with Crippen molar-refractivity contribution in [2.45, 2.75) is 6.92 Å². The molecule has 4 aromatic rings. The maximum absolute atomic E-state index is 12.7. The maximum Gasteiger partial charge on any atom is 0.280 e. The second-order valence-corrected chi connectivity index (χ2v) is 7.07. The molecule has 0 aliphatic heterocycles. The van der Waals surface area contributed by atoms with Crippen LogP contribution in [0.1, 0.15) is 11.3 Å². The van der Waals surface area contributed by atoms with Crippen molar-refractivity contribution < 1.29 is 9.53 Å². The number of aromatic amines is 1. The molecule has 0 unspecified atom stereocenters. The molecule has 0 atom stereocenters. The first kappa shape index (κ1) is 20.9. The molecule has 1 heterocycles. The highest BCUT2D eigenvalue weighted by Gasteiger charge is 2.11. The number of hydrazone groups is 1. The second-order valence-electron chi connectivity index (χ2n) is 7.07. The summed E-state index contributed by atoms with van der Waals surface area (Å²) in [6.45, 7) is 1.56. The van der Waals surface area contributed by atoms with Gasteiger partial charge in [0.1, 0.15) is 5.75 Å². The molecule has 7 nitrogen and oxygen atoms in total. The van der Waals surface area contributed by atoms with Gasteiger partial charge in [0, 0.05) is 11.3 Å². The predicted molar refractivity (Wildman–Crippen MR) is 124 cm³/mol. The molecule has 4 rings (SSSR count). The predicted octanol–water partition coefficient (Wildman–Crippen LogP) is 3.67. The number of nitrogens with one attached hydrogen (secondary N) is 2. The highest BCUT2D eigenvalue weighted by molar-refractivity contribution is 5.83. The van der Waals surface area contributed by atoms with Crippen LogP contribution in [0.15, 0.2) is 94.8 Å². The number of aromatic nitrogens is 2. The van der Waals surface area contributed by atoms with E-state index in [0.717, 1.165) is 16.8 Å². The molecule has 160 valence electrons. The van der Waals surface area contributed by atoms with Crippen molar-refractivity contribution in [3.05, 3.63) is 107 Å². The number of hydrogen-bond acceptors (Lipinski definition) is 4. The van der Waals surface area contributed by atoms with Gasteiger partial charge in [-0.2, -0.15) is 5.10 Å². The summed E-state index contributed by atoms with van der Waals surface area (Å²) >= 11 is 0. The normalized spacial score (nSPS) is 10.9. The first-order chi connectivity index (χ1) is 15.6. The van der Waals surface area contributed by atoms with E-state index >= 15 is 0 Å². The Hall–Kier alpha value is -4.39. The zero-order valence-electron chi connectivity index (χ0n) is 17.5. The molecule has 0 bridgehead atoms. The van der Waals surface area contributed by atoms with Crippen molar-refractivity contribution in [1.82, 2.24) is 15.2 Å². The first-order valence-electron chi connectivity index (χ1n) is 10.1. The summed E-state index contributed by atoms with van der Waals surface area (Å²) in [7, 11) is 0. The topological polar surface area (TPSA) is 88.5 Å². The lowest BCUT2D eigenvalue weighted by Crippen LogP contribution is -2.25. The molecule has 0 aliphatic rings. The van der Waals surface area contributed by atoms with E-state index in [4.69, 9.17) is 4.74 Å². The molecular weight excluding hydrogens is 404 g/mol. The third kappa shape index (κ3) is 4.67. The van der Waals surface area contributed by atoms with Crippen LogP contribution in [0, 0.1) is 6.92 Å². The summed E-state index contributed by atoms with van der Waals surface area (Å²) in [5, 5.41) is 6.94. The lowest BCUT2D eigenvalue weighted by atomic mass is 10.1. The molecule has 1 aromatic heterocycles. The Morgan fingerprint density at radius 3 is 2.41 bits per heavy atom. The van der Waals surface area contributed by atoms with Gasteiger partial charge in [0.25, 0.3) is 11.5 Å². The SMILES string of the molecule is Cc1[nH]n(-c2ccccc2)c(=O)c1/C=N\NC(=O)COc1ccccc1-c1ccccc1. The van der Waals surface area contributed by atoms with Gasteiger partial charge in [-0.15, -0.1) is 0 Å². The van der Waals surface area contributed by atoms with Crippen LogP contribution in [0.4, 0.5) is 0 Å². The number of H-pyrrole nitrogens is 1. The number of carbonyl (C=O) groups is 1. The Kier molecular flexibility index (Phi) is 6.27. The molecule has 2 N–H and O–H groups in total. The number of para-hydroxylation sites is 2. The number of amides is 1. The van der Waals surface area contributed by atoms with E-state index in [2.05, 4.69) is 15.6 Å². The van der Waals surface area contributed by atoms with Crippen molar-refractivity contribution in [1.29, 1.82) is 0 Å². The van der Waals surface area contributed by atoms with Crippen LogP contribution in [-0.2, 0) is 4.79 Å². The van der Waals surface area contributed by atoms with Gasteiger partial charge < -0.3 is 4.74 Å². The Labute approximate surface area is 185 Å². The summed E-state index contributed by atoms with van der Waals surface area (Å²) in [6, 6.07) is 26.5. The number of aryl methyl sites for hydroxylation is 1. The first-order valence-corrected chi connectivity index (χ1v) is 10.1. The van der Waals surface area contributed by atoms with E-state index in [0.29, 0.717) is 17.0 Å². The quantitative estimate of drug-likeness (QED) is 0.349. The van der Waals surface area contributed by atoms with Crippen LogP contribution in [0.25, 0.3) is 16.8 Å². The average molecular weight is 426 g/mol. The number of benzene rings is 3. The van der Waals surface area contributed by atoms with Gasteiger partial charge in [-0.05, 0) is 30.7 Å². The van der Waals surface area contributed by atoms with Crippen LogP contribution in [0.3, 0.4) is 0 Å². The number of ether oxygens (including phenoxy) is 1. The zero-order valence-corrected chi connectivity index (χ0v) is 17.5. The number of hydrogen-bond donors (Lipinski definition) is 2. The molecule has 1 amide bonds. The molecular formula is C25H22N4O3. The molecule has 7 heteroatoms. The van der Waals surface area contributed by atoms with Crippen molar-refractivity contribution in [2.75, 3.05) is 6.61 Å². The van der Waals surface area contributed by atoms with Crippen molar-refractivity contribution in [3.63, 3.8) is 0 Å². The standard InChI is InChI=1S/C25H22N4O3/c1-18-22(25(31)29(28-18)20-12-6-3-7-13-20)16-26-27-24(30)17-32-23-15-9-8-14-21(23)19-10-4-2-5-11-19/h2-16,28H,17H2,1H3,(H,27,30)/b26-16-. The fourth-order valence-electron chi connectivity index (χ4n) is 3.26. The number of carbonyl (C=O) groups excluding carboxylic acids is 1. The van der Waals surface area contributed by atoms with Gasteiger partial charge in [0.05, 0.1) is 17.5 Å². The third-order valence-electron chi connectivity index (χ3n) is 4.84. The highest BCUT2D eigenvalue weighted by atomic mass is 16.5. The molecule has 0 radical (unpaired) electrons. The minimum atomic E-state index is -0.430. The Bertz CT molecular complexity index is 1290. The summed E-state index contributed by atoms with van der Waals surface area (Å²) in [5.41, 5.74) is 5.78. The third-order valence-corrected chi connectivity index (χ3v) is 4.84. The van der Waals surface area contributed by atoms with Crippen LogP contribution in [-0.4, -0.2) is 28.5 Å². The minimum Gasteiger partial charge on any atom is -0.483 e. The summed E-state index contributed by atoms with van der Waals surface area (Å²) < 4.78 is 7.14. The number of rotatable bonds is 7. The van der Waals surface area contributed by atoms with E-state index in [-0.39, 0.29) is 12.2 Å². The highest BCUT2D eigenvalue weighted by Crippen LogP contribution is 2.29. The minimum absolute atomic E-state index is 0.207. The largest absolute Gasteiger partial charge is 0.483 e. The Balaban J connectivity index is 1.40. The lowest BCUT2D eigenvalue weighted by molar-refractivity contribution is -0.123. The van der Waals surface area contributed by atoms with Gasteiger partial charge in [-0.25, -0.2) is 10.1 Å². The van der Waals surface area contributed by atoms with E-state index < -0.39 is 5.91 Å². The van der Waals surface area contributed by atoms with E-state index in [1.807, 2.05) is 84.9 Å². The van der Waals surface area contributed by atoms with E-state index in [1.54, 1.807) is 6.92 Å². The lowest BCUT2D eigenvalue weighted by Gasteiger charge is -2.10. The van der Waals surface area contributed by atoms with Gasteiger partial charge in [0.15, 0.2) is 6.61 Å². The van der Waals surface area contributed by atoms with Crippen LogP contribution in [0.2, 0.25) is 0 Å². The second kappa shape index (κ2) is 9.61. The zero-order chi connectivity index (χ0) is 22.3. The van der Waals surface area contributed by atoms with Gasteiger partial charge in [-0.3, -0.25) is 14.7 Å². The molecule has 0 saturated carbocycles. The summed E-state index contributed by atoms with van der Waals surface area (Å²) in [4.78, 5) is 24.9. The molecule has 0 fully saturated rings. The summed E-state index contributed by atoms with van der Waals surface area (Å²) in [5.74, 6) is 0.172. The molecule has 0 saturated heterocycles. The van der Waals surface area contributed by atoms with Crippen molar-refractivity contribution in [2.24, 2.45) is 5.10 Å². The monoisotopic (exact) mass is 426 g/mol. The summed E-state index contributed by atoms with van der Waals surface area (Å²) in [6.07, 6.45) is 1.34. The van der Waals surface area contributed by atoms with Crippen molar-refractivity contribution in [3.8, 4) is 22.6 Å². The fourth-order valence-corrected chi connectivity index (χ4v) is 3.26. The van der Waals surface area contributed by atoms with Crippen molar-refractivity contribution >= 4 is 12.1 Å². The molecule has 32 heavy (non-hydrogen) atoms. The van der Waals surface area contributed by atoms with Crippen LogP contribution < -0.4 is 15.7 Å². The number of nitrogens with zero attached hydrogens (tertiary/aromatic N) is 2. The van der Waals surface area contributed by atoms with E-state index in [1.165, 1.54) is 10.9 Å². The van der Waals surface area contributed by atoms with Gasteiger partial charge >= 0.3 is 0 Å². The smallest absolute Gasteiger partial charge is 0.280 e. The molecule has 3 aromatic carbocycles. The van der Waals surface area contributed by atoms with Gasteiger partial charge in [0.2, 0.25) is 0 Å². The van der Waals surface area contributed by atoms with Gasteiger partial charge in [-0.1, -0.05) is 66.7 Å². The Morgan fingerprint density at radius 1 is 1.00 bits per heavy atom. The van der Waals surface area contributed by atoms with Crippen LogP contribution in [0.5, 0.6) is 5.75 Å². The van der Waals surface area contributed by atoms with Crippen LogP contribution >= 0.6 is 0 Å². The van der Waals surface area contributed by atoms with E-state index in [9.17, 15) is 9.59 Å². The maximum atomic E-state index is 12.7. The Morgan fingerprint density at radius 2 is 1.66 bits per heavy atom. The molecule has 0 spiro atoms.